The van der Waals surface area contributed by atoms with Gasteiger partial charge in [-0.3, -0.25) is 4.90 Å². The Balaban J connectivity index is 1.89. The van der Waals surface area contributed by atoms with Gasteiger partial charge in [-0.05, 0) is 30.9 Å². The molecule has 16 heavy (non-hydrogen) atoms. The van der Waals surface area contributed by atoms with Crippen LogP contribution in [0.2, 0.25) is 0 Å². The van der Waals surface area contributed by atoms with Crippen molar-refractivity contribution in [1.29, 1.82) is 0 Å². The molecule has 2 fully saturated rings. The molecule has 1 aliphatic carbocycles. The summed E-state index contributed by atoms with van der Waals surface area (Å²) in [5.41, 5.74) is 0.498. The summed E-state index contributed by atoms with van der Waals surface area (Å²) in [4.78, 5) is 2.59. The molecule has 1 aliphatic heterocycles. The molecule has 1 heterocycles. The van der Waals surface area contributed by atoms with E-state index < -0.39 is 0 Å². The molecule has 2 aliphatic rings. The maximum Gasteiger partial charge on any atom is 0.0674 e. The van der Waals surface area contributed by atoms with Gasteiger partial charge in [0.25, 0.3) is 0 Å². The van der Waals surface area contributed by atoms with Crippen LogP contribution in [-0.4, -0.2) is 43.0 Å². The van der Waals surface area contributed by atoms with Crippen LogP contribution in [0, 0.1) is 5.41 Å². The van der Waals surface area contributed by atoms with Crippen molar-refractivity contribution in [2.24, 2.45) is 5.41 Å². The summed E-state index contributed by atoms with van der Waals surface area (Å²) in [7, 11) is 0. The van der Waals surface area contributed by atoms with Crippen molar-refractivity contribution in [2.45, 2.75) is 45.1 Å². The average molecular weight is 243 g/mol. The van der Waals surface area contributed by atoms with Crippen molar-refractivity contribution in [3.8, 4) is 0 Å². The minimum Gasteiger partial charge on any atom is -0.376 e. The maximum absolute atomic E-state index is 5.60. The number of nitrogens with zero attached hydrogens (tertiary/aromatic N) is 1. The van der Waals surface area contributed by atoms with E-state index in [0.29, 0.717) is 11.5 Å². The van der Waals surface area contributed by atoms with Crippen LogP contribution >= 0.6 is 12.6 Å². The highest BCUT2D eigenvalue weighted by Gasteiger charge is 2.33. The van der Waals surface area contributed by atoms with Gasteiger partial charge in [-0.1, -0.05) is 19.3 Å². The Morgan fingerprint density at radius 2 is 2.06 bits per heavy atom. The van der Waals surface area contributed by atoms with Crippen LogP contribution < -0.4 is 0 Å². The quantitative estimate of drug-likeness (QED) is 0.765. The SMILES string of the molecule is CC1CN(CC2(CS)CCCCC2)CCO1. The minimum absolute atomic E-state index is 0.411. The van der Waals surface area contributed by atoms with Crippen molar-refractivity contribution in [3.63, 3.8) is 0 Å². The molecule has 1 atom stereocenters. The van der Waals surface area contributed by atoms with Crippen molar-refractivity contribution < 1.29 is 4.74 Å². The molecular formula is C13H25NOS. The third kappa shape index (κ3) is 3.14. The molecule has 94 valence electrons. The van der Waals surface area contributed by atoms with E-state index in [1.165, 1.54) is 38.6 Å². The Morgan fingerprint density at radius 1 is 1.31 bits per heavy atom. The van der Waals surface area contributed by atoms with E-state index in [2.05, 4.69) is 24.5 Å². The molecule has 0 aromatic rings. The Morgan fingerprint density at radius 3 is 2.69 bits per heavy atom. The van der Waals surface area contributed by atoms with Gasteiger partial charge in [0.15, 0.2) is 0 Å². The lowest BCUT2D eigenvalue weighted by molar-refractivity contribution is -0.0338. The molecule has 2 rings (SSSR count). The molecule has 1 saturated carbocycles. The Bertz CT molecular complexity index is 216. The number of rotatable bonds is 3. The van der Waals surface area contributed by atoms with Crippen LogP contribution in [0.5, 0.6) is 0 Å². The third-order valence-electron chi connectivity index (χ3n) is 4.13. The van der Waals surface area contributed by atoms with Gasteiger partial charge in [-0.15, -0.1) is 0 Å². The first-order valence-corrected chi connectivity index (χ1v) is 7.32. The summed E-state index contributed by atoms with van der Waals surface area (Å²) >= 11 is 4.61. The Labute approximate surface area is 105 Å². The molecule has 0 radical (unpaired) electrons. The predicted molar refractivity (Wildman–Crippen MR) is 71.2 cm³/mol. The van der Waals surface area contributed by atoms with E-state index in [4.69, 9.17) is 4.74 Å². The monoisotopic (exact) mass is 243 g/mol. The van der Waals surface area contributed by atoms with Crippen LogP contribution in [0.3, 0.4) is 0 Å². The van der Waals surface area contributed by atoms with Crippen LogP contribution in [0.1, 0.15) is 39.0 Å². The van der Waals surface area contributed by atoms with Crippen LogP contribution in [0.25, 0.3) is 0 Å². The number of ether oxygens (including phenoxy) is 1. The lowest BCUT2D eigenvalue weighted by Gasteiger charge is -2.42. The molecule has 1 unspecified atom stereocenters. The topological polar surface area (TPSA) is 12.5 Å². The fourth-order valence-electron chi connectivity index (χ4n) is 3.18. The molecule has 0 aromatic heterocycles. The van der Waals surface area contributed by atoms with Crippen LogP contribution in [0.4, 0.5) is 0 Å². The van der Waals surface area contributed by atoms with E-state index in [1.54, 1.807) is 0 Å². The second-order valence-electron chi connectivity index (χ2n) is 5.64. The number of morpholine rings is 1. The zero-order valence-electron chi connectivity index (χ0n) is 10.5. The van der Waals surface area contributed by atoms with Crippen molar-refractivity contribution in [1.82, 2.24) is 4.90 Å². The molecule has 0 bridgehead atoms. The van der Waals surface area contributed by atoms with Gasteiger partial charge in [-0.25, -0.2) is 0 Å². The second kappa shape index (κ2) is 5.74. The van der Waals surface area contributed by atoms with Gasteiger partial charge in [0.1, 0.15) is 0 Å². The van der Waals surface area contributed by atoms with Crippen LogP contribution in [0.15, 0.2) is 0 Å². The first-order chi connectivity index (χ1) is 7.74. The van der Waals surface area contributed by atoms with Gasteiger partial charge in [0.05, 0.1) is 12.7 Å². The second-order valence-corrected chi connectivity index (χ2v) is 5.95. The van der Waals surface area contributed by atoms with Crippen molar-refractivity contribution >= 4 is 12.6 Å². The first-order valence-electron chi connectivity index (χ1n) is 6.69. The molecular weight excluding hydrogens is 218 g/mol. The smallest absolute Gasteiger partial charge is 0.0674 e. The highest BCUT2D eigenvalue weighted by atomic mass is 32.1. The standard InChI is InChI=1S/C13H25NOS/c1-12-9-14(7-8-15-12)10-13(11-16)5-3-2-4-6-13/h12,16H,2-11H2,1H3. The minimum atomic E-state index is 0.411. The number of hydrogen-bond acceptors (Lipinski definition) is 3. The third-order valence-corrected chi connectivity index (χ3v) is 4.80. The Kier molecular flexibility index (Phi) is 4.57. The Hall–Kier alpha value is 0.270. The fourth-order valence-corrected chi connectivity index (χ4v) is 3.59. The largest absolute Gasteiger partial charge is 0.376 e. The van der Waals surface area contributed by atoms with Gasteiger partial charge in [0, 0.05) is 19.6 Å². The number of hydrogen-bond donors (Lipinski definition) is 1. The predicted octanol–water partition coefficient (Wildman–Crippen LogP) is 2.59. The summed E-state index contributed by atoms with van der Waals surface area (Å²) in [5.74, 6) is 1.05. The molecule has 0 amide bonds. The van der Waals surface area contributed by atoms with Gasteiger partial charge < -0.3 is 4.74 Å². The summed E-state index contributed by atoms with van der Waals surface area (Å²) in [6.07, 6.45) is 7.40. The fraction of sp³-hybridized carbons (Fsp3) is 1.00. The molecule has 1 saturated heterocycles. The van der Waals surface area contributed by atoms with E-state index in [9.17, 15) is 0 Å². The van der Waals surface area contributed by atoms with Crippen molar-refractivity contribution in [3.05, 3.63) is 0 Å². The van der Waals surface area contributed by atoms with Gasteiger partial charge >= 0.3 is 0 Å². The molecule has 0 aromatic carbocycles. The molecule has 2 nitrogen and oxygen atoms in total. The van der Waals surface area contributed by atoms with Gasteiger partial charge in [-0.2, -0.15) is 12.6 Å². The highest BCUT2D eigenvalue weighted by Crippen LogP contribution is 2.38. The maximum atomic E-state index is 5.60. The van der Waals surface area contributed by atoms with E-state index in [-0.39, 0.29) is 0 Å². The van der Waals surface area contributed by atoms with E-state index in [0.717, 1.165) is 25.4 Å². The average Bonchev–Trinajstić information content (AvgIpc) is 2.30. The first kappa shape index (κ1) is 12.7. The molecule has 0 spiro atoms. The van der Waals surface area contributed by atoms with Crippen molar-refractivity contribution in [2.75, 3.05) is 32.0 Å². The van der Waals surface area contributed by atoms with E-state index in [1.807, 2.05) is 0 Å². The summed E-state index contributed by atoms with van der Waals surface area (Å²) in [6.45, 7) is 6.55. The lowest BCUT2D eigenvalue weighted by Crippen LogP contribution is -2.47. The summed E-state index contributed by atoms with van der Waals surface area (Å²) in [6, 6.07) is 0. The summed E-state index contributed by atoms with van der Waals surface area (Å²) in [5, 5.41) is 0. The zero-order chi connectivity index (χ0) is 11.4. The highest BCUT2D eigenvalue weighted by molar-refractivity contribution is 7.80. The van der Waals surface area contributed by atoms with E-state index >= 15 is 0 Å². The van der Waals surface area contributed by atoms with Crippen LogP contribution in [-0.2, 0) is 4.74 Å². The summed E-state index contributed by atoms with van der Waals surface area (Å²) < 4.78 is 5.60. The molecule has 0 N–H and O–H groups in total. The lowest BCUT2D eigenvalue weighted by atomic mass is 9.75. The normalized spacial score (nSPS) is 31.5. The number of thiol groups is 1. The van der Waals surface area contributed by atoms with Gasteiger partial charge in [0.2, 0.25) is 0 Å². The zero-order valence-corrected chi connectivity index (χ0v) is 11.3. The molecule has 3 heteroatoms.